The van der Waals surface area contributed by atoms with Crippen LogP contribution in [0.25, 0.3) is 11.1 Å². The summed E-state index contributed by atoms with van der Waals surface area (Å²) in [5.41, 5.74) is 1.90. The van der Waals surface area contributed by atoms with Gasteiger partial charge < -0.3 is 9.47 Å². The molecule has 1 saturated heterocycles. The van der Waals surface area contributed by atoms with Gasteiger partial charge in [0.05, 0.1) is 23.2 Å². The van der Waals surface area contributed by atoms with E-state index in [1.807, 2.05) is 12.1 Å². The predicted octanol–water partition coefficient (Wildman–Crippen LogP) is 2.99. The van der Waals surface area contributed by atoms with E-state index < -0.39 is 16.0 Å². The second kappa shape index (κ2) is 8.65. The number of nitrogens with one attached hydrogen (secondary N) is 1. The minimum atomic E-state index is -3.60. The Bertz CT molecular complexity index is 887. The van der Waals surface area contributed by atoms with E-state index in [-0.39, 0.29) is 17.5 Å². The van der Waals surface area contributed by atoms with Crippen molar-refractivity contribution in [1.82, 2.24) is 4.72 Å². The Morgan fingerprint density at radius 3 is 2.59 bits per heavy atom. The lowest BCUT2D eigenvalue weighted by Gasteiger charge is -2.12. The van der Waals surface area contributed by atoms with Crippen molar-refractivity contribution in [2.75, 3.05) is 19.8 Å². The maximum Gasteiger partial charge on any atom is 0.338 e. The molecule has 0 amide bonds. The van der Waals surface area contributed by atoms with Crippen LogP contribution < -0.4 is 4.72 Å². The number of hydrogen-bond donors (Lipinski definition) is 1. The van der Waals surface area contributed by atoms with Gasteiger partial charge in [-0.25, -0.2) is 17.9 Å². The summed E-state index contributed by atoms with van der Waals surface area (Å²) >= 11 is 0. The van der Waals surface area contributed by atoms with Crippen LogP contribution in [0.2, 0.25) is 0 Å². The molecule has 0 radical (unpaired) electrons. The van der Waals surface area contributed by atoms with Gasteiger partial charge in [-0.15, -0.1) is 0 Å². The van der Waals surface area contributed by atoms with Gasteiger partial charge in [0.15, 0.2) is 0 Å². The predicted molar refractivity (Wildman–Crippen MR) is 102 cm³/mol. The molecule has 27 heavy (non-hydrogen) atoms. The van der Waals surface area contributed by atoms with Gasteiger partial charge in [-0.1, -0.05) is 30.3 Å². The van der Waals surface area contributed by atoms with Gasteiger partial charge in [-0.05, 0) is 49.1 Å². The summed E-state index contributed by atoms with van der Waals surface area (Å²) in [5, 5.41) is 0. The number of esters is 1. The van der Waals surface area contributed by atoms with E-state index in [9.17, 15) is 13.2 Å². The lowest BCUT2D eigenvalue weighted by molar-refractivity contribution is 0.0527. The number of carbonyl (C=O) groups is 1. The first kappa shape index (κ1) is 19.5. The summed E-state index contributed by atoms with van der Waals surface area (Å²) in [4.78, 5) is 12.3. The molecule has 1 atom stereocenters. The van der Waals surface area contributed by atoms with Gasteiger partial charge in [-0.3, -0.25) is 0 Å². The van der Waals surface area contributed by atoms with Crippen molar-refractivity contribution in [2.24, 2.45) is 0 Å². The first-order valence-electron chi connectivity index (χ1n) is 8.99. The third kappa shape index (κ3) is 4.74. The van der Waals surface area contributed by atoms with Crippen molar-refractivity contribution in [1.29, 1.82) is 0 Å². The number of hydrogen-bond acceptors (Lipinski definition) is 5. The number of ether oxygens (including phenoxy) is 2. The van der Waals surface area contributed by atoms with Crippen LogP contribution in [-0.2, 0) is 19.5 Å². The molecule has 1 N–H and O–H groups in total. The molecule has 1 unspecified atom stereocenters. The summed E-state index contributed by atoms with van der Waals surface area (Å²) in [5.74, 6) is -0.400. The molecule has 0 aliphatic carbocycles. The zero-order valence-corrected chi connectivity index (χ0v) is 16.0. The molecular formula is C20H23NO5S. The van der Waals surface area contributed by atoms with Gasteiger partial charge in [0.25, 0.3) is 0 Å². The quantitative estimate of drug-likeness (QED) is 0.736. The van der Waals surface area contributed by atoms with Crippen LogP contribution in [0.5, 0.6) is 0 Å². The molecule has 7 heteroatoms. The van der Waals surface area contributed by atoms with E-state index >= 15 is 0 Å². The maximum atomic E-state index is 12.5. The summed E-state index contributed by atoms with van der Waals surface area (Å²) in [6.45, 7) is 3.00. The second-order valence-electron chi connectivity index (χ2n) is 6.28. The minimum Gasteiger partial charge on any atom is -0.462 e. The minimum absolute atomic E-state index is 0.0597. The number of carbonyl (C=O) groups excluding carboxylic acids is 1. The summed E-state index contributed by atoms with van der Waals surface area (Å²) < 4.78 is 38.0. The lowest BCUT2D eigenvalue weighted by Crippen LogP contribution is -2.31. The lowest BCUT2D eigenvalue weighted by atomic mass is 10.00. The van der Waals surface area contributed by atoms with Crippen LogP contribution >= 0.6 is 0 Å². The zero-order chi connectivity index (χ0) is 19.3. The Labute approximate surface area is 159 Å². The summed E-state index contributed by atoms with van der Waals surface area (Å²) in [6.07, 6.45) is 1.77. The monoisotopic (exact) mass is 389 g/mol. The highest BCUT2D eigenvalue weighted by atomic mass is 32.2. The van der Waals surface area contributed by atoms with Crippen molar-refractivity contribution < 1.29 is 22.7 Å². The van der Waals surface area contributed by atoms with Crippen molar-refractivity contribution in [2.45, 2.75) is 30.8 Å². The number of rotatable bonds is 7. The highest BCUT2D eigenvalue weighted by Gasteiger charge is 2.20. The van der Waals surface area contributed by atoms with Crippen molar-refractivity contribution in [3.8, 4) is 11.1 Å². The molecule has 0 spiro atoms. The van der Waals surface area contributed by atoms with Gasteiger partial charge in [-0.2, -0.15) is 0 Å². The molecule has 1 aliphatic heterocycles. The second-order valence-corrected chi connectivity index (χ2v) is 8.04. The van der Waals surface area contributed by atoms with Crippen molar-refractivity contribution >= 4 is 16.0 Å². The van der Waals surface area contributed by atoms with Crippen LogP contribution in [0, 0.1) is 0 Å². The van der Waals surface area contributed by atoms with Gasteiger partial charge >= 0.3 is 5.97 Å². The normalized spacial score (nSPS) is 17.0. The third-order valence-electron chi connectivity index (χ3n) is 4.42. The van der Waals surface area contributed by atoms with Crippen LogP contribution in [0.15, 0.2) is 53.4 Å². The maximum absolute atomic E-state index is 12.5. The highest BCUT2D eigenvalue weighted by molar-refractivity contribution is 7.89. The van der Waals surface area contributed by atoms with Gasteiger partial charge in [0.1, 0.15) is 0 Å². The van der Waals surface area contributed by atoms with Crippen molar-refractivity contribution in [3.05, 3.63) is 54.1 Å². The third-order valence-corrected chi connectivity index (χ3v) is 5.86. The zero-order valence-electron chi connectivity index (χ0n) is 15.2. The Balaban J connectivity index is 1.78. The standard InChI is InChI=1S/C20H23NO5S/c1-2-25-20(22)19-8-4-3-7-18(19)15-9-11-17(12-10-15)27(23,24)21-14-16-6-5-13-26-16/h3-4,7-12,16,21H,2,5-6,13-14H2,1H3. The van der Waals surface area contributed by atoms with E-state index in [1.54, 1.807) is 31.2 Å². The molecule has 3 rings (SSSR count). The molecule has 0 saturated carbocycles. The molecule has 6 nitrogen and oxygen atoms in total. The molecule has 1 heterocycles. The fourth-order valence-corrected chi connectivity index (χ4v) is 4.09. The summed E-state index contributed by atoms with van der Waals surface area (Å²) in [6, 6.07) is 13.6. The van der Waals surface area contributed by atoms with E-state index in [0.717, 1.165) is 18.4 Å². The molecule has 0 bridgehead atoms. The Morgan fingerprint density at radius 1 is 1.19 bits per heavy atom. The number of benzene rings is 2. The Morgan fingerprint density at radius 2 is 1.93 bits per heavy atom. The fraction of sp³-hybridized carbons (Fsp3) is 0.350. The SMILES string of the molecule is CCOC(=O)c1ccccc1-c1ccc(S(=O)(=O)NCC2CCCO2)cc1. The Hall–Kier alpha value is -2.22. The Kier molecular flexibility index (Phi) is 6.26. The largest absolute Gasteiger partial charge is 0.462 e. The van der Waals surface area contributed by atoms with Gasteiger partial charge in [0.2, 0.25) is 10.0 Å². The number of sulfonamides is 1. The smallest absolute Gasteiger partial charge is 0.338 e. The molecule has 1 fully saturated rings. The van der Waals surface area contributed by atoms with E-state index in [4.69, 9.17) is 9.47 Å². The van der Waals surface area contributed by atoms with Crippen molar-refractivity contribution in [3.63, 3.8) is 0 Å². The summed E-state index contributed by atoms with van der Waals surface area (Å²) in [7, 11) is -3.60. The van der Waals surface area contributed by atoms with Gasteiger partial charge in [0, 0.05) is 13.2 Å². The molecule has 1 aliphatic rings. The van der Waals surface area contributed by atoms with Crippen LogP contribution in [0.4, 0.5) is 0 Å². The topological polar surface area (TPSA) is 81.7 Å². The average molecular weight is 389 g/mol. The molecular weight excluding hydrogens is 366 g/mol. The first-order chi connectivity index (χ1) is 13.0. The average Bonchev–Trinajstić information content (AvgIpc) is 3.21. The first-order valence-corrected chi connectivity index (χ1v) is 10.5. The van der Waals surface area contributed by atoms with E-state index in [0.29, 0.717) is 24.3 Å². The van der Waals surface area contributed by atoms with Crippen LogP contribution in [0.1, 0.15) is 30.1 Å². The van der Waals surface area contributed by atoms with E-state index in [2.05, 4.69) is 4.72 Å². The molecule has 0 aromatic heterocycles. The van der Waals surface area contributed by atoms with Crippen LogP contribution in [0.3, 0.4) is 0 Å². The fourth-order valence-electron chi connectivity index (χ4n) is 3.03. The molecule has 144 valence electrons. The molecule has 2 aromatic carbocycles. The van der Waals surface area contributed by atoms with Crippen LogP contribution in [-0.4, -0.2) is 40.2 Å². The van der Waals surface area contributed by atoms with E-state index in [1.165, 1.54) is 12.1 Å². The molecule has 2 aromatic rings. The highest BCUT2D eigenvalue weighted by Crippen LogP contribution is 2.26.